The summed E-state index contributed by atoms with van der Waals surface area (Å²) in [6.07, 6.45) is 3.25. The van der Waals surface area contributed by atoms with E-state index in [-0.39, 0.29) is 17.0 Å². The zero-order valence-electron chi connectivity index (χ0n) is 11.1. The van der Waals surface area contributed by atoms with Crippen LogP contribution in [-0.4, -0.2) is 9.55 Å². The van der Waals surface area contributed by atoms with Crippen LogP contribution in [0.4, 0.5) is 0 Å². The first kappa shape index (κ1) is 14.0. The Morgan fingerprint density at radius 1 is 1.32 bits per heavy atom. The van der Waals surface area contributed by atoms with Gasteiger partial charge in [-0.15, -0.1) is 0 Å². The van der Waals surface area contributed by atoms with Gasteiger partial charge in [0.2, 0.25) is 0 Å². The summed E-state index contributed by atoms with van der Waals surface area (Å²) < 4.78 is 8.23. The highest BCUT2D eigenvalue weighted by atomic mass is 127. The molecule has 0 fully saturated rings. The van der Waals surface area contributed by atoms with Crippen LogP contribution >= 0.6 is 22.6 Å². The fraction of sp³-hybridized carbons (Fsp3) is 0.286. The van der Waals surface area contributed by atoms with Crippen LogP contribution in [0.15, 0.2) is 41.5 Å². The fourth-order valence-electron chi connectivity index (χ4n) is 1.63. The molecule has 0 aliphatic heterocycles. The average molecular weight is 370 g/mol. The minimum Gasteiger partial charge on any atom is -0.435 e. The molecular weight excluding hydrogens is 355 g/mol. The van der Waals surface area contributed by atoms with Crippen molar-refractivity contribution in [3.63, 3.8) is 0 Å². The molecular formula is C14H15IN2O2. The van der Waals surface area contributed by atoms with Crippen LogP contribution in [0.5, 0.6) is 11.6 Å². The van der Waals surface area contributed by atoms with E-state index in [1.165, 1.54) is 0 Å². The SMILES string of the molecule is CC(C)(C)n1ccnc(Oc2cccc(I)c2)c1=O. The zero-order valence-corrected chi connectivity index (χ0v) is 13.2. The highest BCUT2D eigenvalue weighted by Crippen LogP contribution is 2.19. The van der Waals surface area contributed by atoms with Crippen molar-refractivity contribution in [1.29, 1.82) is 0 Å². The molecule has 2 rings (SSSR count). The van der Waals surface area contributed by atoms with E-state index in [0.717, 1.165) is 3.57 Å². The van der Waals surface area contributed by atoms with Gasteiger partial charge in [-0.05, 0) is 61.6 Å². The number of nitrogens with zero attached hydrogens (tertiary/aromatic N) is 2. The minimum absolute atomic E-state index is 0.0967. The molecule has 2 aromatic rings. The Labute approximate surface area is 125 Å². The quantitative estimate of drug-likeness (QED) is 0.762. The second-order valence-corrected chi connectivity index (χ2v) is 6.38. The van der Waals surface area contributed by atoms with Gasteiger partial charge in [0.05, 0.1) is 0 Å². The largest absolute Gasteiger partial charge is 0.435 e. The first-order chi connectivity index (χ1) is 8.88. The van der Waals surface area contributed by atoms with Crippen LogP contribution in [0.25, 0.3) is 0 Å². The molecule has 4 nitrogen and oxygen atoms in total. The van der Waals surface area contributed by atoms with Gasteiger partial charge in [-0.3, -0.25) is 4.79 Å². The van der Waals surface area contributed by atoms with Gasteiger partial charge in [0.25, 0.3) is 5.88 Å². The topological polar surface area (TPSA) is 44.1 Å². The predicted molar refractivity (Wildman–Crippen MR) is 82.7 cm³/mol. The Balaban J connectivity index is 2.40. The molecule has 1 aromatic carbocycles. The van der Waals surface area contributed by atoms with Crippen molar-refractivity contribution in [2.75, 3.05) is 0 Å². The second-order valence-electron chi connectivity index (χ2n) is 5.14. The summed E-state index contributed by atoms with van der Waals surface area (Å²) in [5.74, 6) is 0.711. The van der Waals surface area contributed by atoms with Gasteiger partial charge in [-0.2, -0.15) is 0 Å². The monoisotopic (exact) mass is 370 g/mol. The molecule has 0 bridgehead atoms. The van der Waals surface area contributed by atoms with Crippen LogP contribution in [0.3, 0.4) is 0 Å². The third-order valence-electron chi connectivity index (χ3n) is 2.54. The third-order valence-corrected chi connectivity index (χ3v) is 3.21. The summed E-state index contributed by atoms with van der Waals surface area (Å²) in [6, 6.07) is 7.50. The predicted octanol–water partition coefficient (Wildman–Crippen LogP) is 3.40. The molecule has 0 aliphatic rings. The van der Waals surface area contributed by atoms with E-state index in [0.29, 0.717) is 5.75 Å². The van der Waals surface area contributed by atoms with E-state index >= 15 is 0 Å². The van der Waals surface area contributed by atoms with Crippen molar-refractivity contribution in [1.82, 2.24) is 9.55 Å². The molecule has 0 atom stereocenters. The molecule has 0 saturated carbocycles. The minimum atomic E-state index is -0.302. The molecule has 0 radical (unpaired) electrons. The van der Waals surface area contributed by atoms with Gasteiger partial charge in [0.15, 0.2) is 0 Å². The van der Waals surface area contributed by atoms with Gasteiger partial charge < -0.3 is 9.30 Å². The lowest BCUT2D eigenvalue weighted by Gasteiger charge is -2.22. The van der Waals surface area contributed by atoms with Crippen molar-refractivity contribution in [2.45, 2.75) is 26.3 Å². The first-order valence-corrected chi connectivity index (χ1v) is 6.97. The Bertz CT molecular complexity index is 644. The normalized spacial score (nSPS) is 11.4. The summed E-state index contributed by atoms with van der Waals surface area (Å²) >= 11 is 2.19. The van der Waals surface area contributed by atoms with Crippen LogP contribution in [-0.2, 0) is 5.54 Å². The Kier molecular flexibility index (Phi) is 3.93. The van der Waals surface area contributed by atoms with Crippen molar-refractivity contribution in [3.05, 3.63) is 50.6 Å². The summed E-state index contributed by atoms with van der Waals surface area (Å²) in [4.78, 5) is 16.3. The molecule has 0 aliphatic carbocycles. The molecule has 1 heterocycles. The highest BCUT2D eigenvalue weighted by Gasteiger charge is 2.17. The first-order valence-electron chi connectivity index (χ1n) is 5.89. The average Bonchev–Trinajstić information content (AvgIpc) is 2.30. The van der Waals surface area contributed by atoms with Crippen LogP contribution in [0, 0.1) is 3.57 Å². The smallest absolute Gasteiger partial charge is 0.314 e. The van der Waals surface area contributed by atoms with E-state index in [2.05, 4.69) is 27.6 Å². The van der Waals surface area contributed by atoms with Crippen molar-refractivity contribution >= 4 is 22.6 Å². The zero-order chi connectivity index (χ0) is 14.0. The molecule has 0 unspecified atom stereocenters. The number of benzene rings is 1. The maximum Gasteiger partial charge on any atom is 0.314 e. The molecule has 5 heteroatoms. The van der Waals surface area contributed by atoms with Crippen LogP contribution < -0.4 is 10.3 Å². The second kappa shape index (κ2) is 5.32. The van der Waals surface area contributed by atoms with Crippen LogP contribution in [0.2, 0.25) is 0 Å². The van der Waals surface area contributed by atoms with Gasteiger partial charge in [-0.25, -0.2) is 4.98 Å². The van der Waals surface area contributed by atoms with E-state index in [4.69, 9.17) is 4.74 Å². The standard InChI is InChI=1S/C14H15IN2O2/c1-14(2,3)17-8-7-16-12(13(17)18)19-11-6-4-5-10(15)9-11/h4-9H,1-3H3. The summed E-state index contributed by atoms with van der Waals surface area (Å²) in [7, 11) is 0. The Hall–Kier alpha value is -1.37. The van der Waals surface area contributed by atoms with E-state index in [9.17, 15) is 4.79 Å². The van der Waals surface area contributed by atoms with E-state index < -0.39 is 0 Å². The highest BCUT2D eigenvalue weighted by molar-refractivity contribution is 14.1. The molecule has 0 saturated heterocycles. The van der Waals surface area contributed by atoms with E-state index in [1.807, 2.05) is 39.0 Å². The van der Waals surface area contributed by atoms with Crippen molar-refractivity contribution in [3.8, 4) is 11.6 Å². The van der Waals surface area contributed by atoms with Gasteiger partial charge in [-0.1, -0.05) is 6.07 Å². The Morgan fingerprint density at radius 3 is 2.68 bits per heavy atom. The molecule has 100 valence electrons. The number of hydrogen-bond donors (Lipinski definition) is 0. The number of aromatic nitrogens is 2. The lowest BCUT2D eigenvalue weighted by molar-refractivity contribution is 0.363. The van der Waals surface area contributed by atoms with Crippen molar-refractivity contribution < 1.29 is 4.74 Å². The van der Waals surface area contributed by atoms with Crippen LogP contribution in [0.1, 0.15) is 20.8 Å². The van der Waals surface area contributed by atoms with Gasteiger partial charge in [0.1, 0.15) is 5.75 Å². The molecule has 19 heavy (non-hydrogen) atoms. The van der Waals surface area contributed by atoms with E-state index in [1.54, 1.807) is 23.0 Å². The lowest BCUT2D eigenvalue weighted by atomic mass is 10.1. The number of ether oxygens (including phenoxy) is 1. The molecule has 0 N–H and O–H groups in total. The maximum atomic E-state index is 12.3. The van der Waals surface area contributed by atoms with Crippen molar-refractivity contribution in [2.24, 2.45) is 0 Å². The third kappa shape index (κ3) is 3.34. The number of rotatable bonds is 2. The summed E-state index contributed by atoms with van der Waals surface area (Å²) in [5, 5.41) is 0. The number of halogens is 1. The Morgan fingerprint density at radius 2 is 2.05 bits per heavy atom. The molecule has 0 spiro atoms. The lowest BCUT2D eigenvalue weighted by Crippen LogP contribution is -2.34. The summed E-state index contributed by atoms with van der Waals surface area (Å²) in [5.41, 5.74) is -0.530. The molecule has 1 aromatic heterocycles. The van der Waals surface area contributed by atoms with Gasteiger partial charge in [0, 0.05) is 21.5 Å². The van der Waals surface area contributed by atoms with Gasteiger partial charge >= 0.3 is 5.56 Å². The molecule has 0 amide bonds. The summed E-state index contributed by atoms with van der Waals surface area (Å²) in [6.45, 7) is 5.89. The maximum absolute atomic E-state index is 12.3. The fourth-order valence-corrected chi connectivity index (χ4v) is 2.15. The number of hydrogen-bond acceptors (Lipinski definition) is 3.